The third-order valence-electron chi connectivity index (χ3n) is 11.7. The molecule has 0 aromatic rings. The predicted molar refractivity (Wildman–Crippen MR) is 199 cm³/mol. The molecule has 0 bridgehead atoms. The van der Waals surface area contributed by atoms with Crippen molar-refractivity contribution in [2.45, 2.75) is 183 Å². The summed E-state index contributed by atoms with van der Waals surface area (Å²) in [5, 5.41) is 120. The zero-order valence-electron chi connectivity index (χ0n) is 32.5. The van der Waals surface area contributed by atoms with Crippen molar-refractivity contribution in [1.29, 1.82) is 0 Å². The van der Waals surface area contributed by atoms with Crippen LogP contribution in [0.1, 0.15) is 97.3 Å². The van der Waals surface area contributed by atoms with Gasteiger partial charge >= 0.3 is 0 Å². The van der Waals surface area contributed by atoms with E-state index in [9.17, 15) is 61.0 Å². The highest BCUT2D eigenvalue weighted by atomic mass is 16.6. The van der Waals surface area contributed by atoms with E-state index in [-0.39, 0.29) is 38.2 Å². The van der Waals surface area contributed by atoms with Gasteiger partial charge in [-0.3, -0.25) is 4.79 Å². The largest absolute Gasteiger partial charge is 0.396 e. The number of carbonyl (C=O) groups excluding carboxylic acids is 1. The maximum Gasteiger partial charge on any atom is 0.220 e. The van der Waals surface area contributed by atoms with Crippen LogP contribution in [0.15, 0.2) is 12.2 Å². The Kier molecular flexibility index (Phi) is 21.4. The Morgan fingerprint density at radius 2 is 1.13 bits per heavy atom. The number of aliphatic hydroxyl groups is 11. The van der Waals surface area contributed by atoms with Crippen molar-refractivity contribution in [2.75, 3.05) is 26.4 Å². The van der Waals surface area contributed by atoms with Crippen molar-refractivity contribution < 1.29 is 75.2 Å². The van der Waals surface area contributed by atoms with E-state index < -0.39 is 123 Å². The standard InChI is InChI=1S/C39H71NO15/c1-3-5-7-9-11-13-26(44)25(40-30(45)14-12-10-8-6-4-2)21-53-27-16-23(19-42)38(36(51)32(27)47)55-29-17-24(20-43)39(37(52)34(29)49)54-28-15-22(18-41)31(46)35(50)33(28)48/h11,13,22-29,31-39,41-44,46-52H,3-10,12,14-21H2,1-2H3,(H,40,45)/t22?,23?,24?,25-,26+,27?,28?,29?,31?,32?,33?,34?,35?,36?,37?,38?,39?/m0/s1. The molecule has 0 spiro atoms. The second-order valence-corrected chi connectivity index (χ2v) is 15.9. The third kappa shape index (κ3) is 13.6. The van der Waals surface area contributed by atoms with Crippen LogP contribution in [0.5, 0.6) is 0 Å². The van der Waals surface area contributed by atoms with Gasteiger partial charge in [0, 0.05) is 44.0 Å². The highest BCUT2D eigenvalue weighted by Gasteiger charge is 2.52. The zero-order chi connectivity index (χ0) is 40.7. The summed E-state index contributed by atoms with van der Waals surface area (Å²) in [6, 6.07) is -0.849. The minimum absolute atomic E-state index is 0.000738. The number of amides is 1. The lowest BCUT2D eigenvalue weighted by Crippen LogP contribution is -2.63. The van der Waals surface area contributed by atoms with Gasteiger partial charge in [-0.1, -0.05) is 64.5 Å². The average Bonchev–Trinajstić information content (AvgIpc) is 3.18. The van der Waals surface area contributed by atoms with Gasteiger partial charge < -0.3 is 75.7 Å². The van der Waals surface area contributed by atoms with E-state index in [1.165, 1.54) is 0 Å². The van der Waals surface area contributed by atoms with Crippen LogP contribution < -0.4 is 5.32 Å². The fourth-order valence-corrected chi connectivity index (χ4v) is 8.08. The Morgan fingerprint density at radius 1 is 0.636 bits per heavy atom. The lowest BCUT2D eigenvalue weighted by atomic mass is 9.78. The first-order valence-corrected chi connectivity index (χ1v) is 20.5. The SMILES string of the molecule is CCCCCC=C[C@@H](O)[C@H](COC1CC(CO)C(OC2CC(CO)C(OC3CC(CO)C(O)C(O)C3O)C(O)C2O)C(O)C1O)NC(=O)CCCCCCC. The molecule has 3 rings (SSSR count). The number of rotatable bonds is 23. The van der Waals surface area contributed by atoms with Crippen LogP contribution in [0, 0.1) is 17.8 Å². The molecule has 0 aromatic heterocycles. The van der Waals surface area contributed by atoms with E-state index in [2.05, 4.69) is 19.2 Å². The molecule has 0 aromatic carbocycles. The molecule has 1 amide bonds. The van der Waals surface area contributed by atoms with Crippen LogP contribution in [0.25, 0.3) is 0 Å². The smallest absolute Gasteiger partial charge is 0.220 e. The van der Waals surface area contributed by atoms with E-state index in [4.69, 9.17) is 14.2 Å². The number of hydrogen-bond donors (Lipinski definition) is 12. The first-order chi connectivity index (χ1) is 26.3. The van der Waals surface area contributed by atoms with Crippen LogP contribution in [0.2, 0.25) is 0 Å². The maximum absolute atomic E-state index is 12.8. The monoisotopic (exact) mass is 793 g/mol. The minimum atomic E-state index is -1.68. The Hall–Kier alpha value is -1.35. The molecule has 0 saturated heterocycles. The summed E-state index contributed by atoms with van der Waals surface area (Å²) in [6.07, 6.45) is -5.74. The molecule has 12 N–H and O–H groups in total. The normalized spacial score (nSPS) is 38.2. The molecule has 322 valence electrons. The molecular weight excluding hydrogens is 722 g/mol. The van der Waals surface area contributed by atoms with Crippen LogP contribution in [-0.2, 0) is 19.0 Å². The van der Waals surface area contributed by atoms with Crippen molar-refractivity contribution in [1.82, 2.24) is 5.32 Å². The van der Waals surface area contributed by atoms with Gasteiger partial charge in [0.1, 0.15) is 36.6 Å². The van der Waals surface area contributed by atoms with E-state index >= 15 is 0 Å². The summed E-state index contributed by atoms with van der Waals surface area (Å²) >= 11 is 0. The molecule has 3 saturated carbocycles. The van der Waals surface area contributed by atoms with Gasteiger partial charge in [0.25, 0.3) is 0 Å². The highest BCUT2D eigenvalue weighted by Crippen LogP contribution is 2.38. The summed E-state index contributed by atoms with van der Waals surface area (Å²) < 4.78 is 18.0. The molecule has 0 heterocycles. The fourth-order valence-electron chi connectivity index (χ4n) is 8.08. The molecular formula is C39H71NO15. The average molecular weight is 794 g/mol. The summed E-state index contributed by atoms with van der Waals surface area (Å²) in [5.41, 5.74) is 0. The number of carbonyl (C=O) groups is 1. The van der Waals surface area contributed by atoms with Crippen molar-refractivity contribution in [2.24, 2.45) is 17.8 Å². The van der Waals surface area contributed by atoms with Gasteiger partial charge in [0.15, 0.2) is 0 Å². The molecule has 55 heavy (non-hydrogen) atoms. The Balaban J connectivity index is 1.65. The molecule has 3 fully saturated rings. The van der Waals surface area contributed by atoms with Crippen LogP contribution in [0.4, 0.5) is 0 Å². The van der Waals surface area contributed by atoms with Gasteiger partial charge in [-0.25, -0.2) is 0 Å². The van der Waals surface area contributed by atoms with Gasteiger partial charge in [-0.15, -0.1) is 0 Å². The quantitative estimate of drug-likeness (QED) is 0.0427. The Bertz CT molecular complexity index is 1100. The Morgan fingerprint density at radius 3 is 1.69 bits per heavy atom. The van der Waals surface area contributed by atoms with Crippen LogP contribution in [-0.4, -0.2) is 174 Å². The number of unbranched alkanes of at least 4 members (excludes halogenated alkanes) is 7. The zero-order valence-corrected chi connectivity index (χ0v) is 32.5. The Labute approximate surface area is 325 Å². The second kappa shape index (κ2) is 24.5. The van der Waals surface area contributed by atoms with Gasteiger partial charge in [-0.05, 0) is 38.5 Å². The number of aliphatic hydroxyl groups excluding tert-OH is 11. The second-order valence-electron chi connectivity index (χ2n) is 15.9. The summed E-state index contributed by atoms with van der Waals surface area (Å²) in [7, 11) is 0. The van der Waals surface area contributed by atoms with Crippen molar-refractivity contribution in [3.05, 3.63) is 12.2 Å². The molecule has 17 atom stereocenters. The molecule has 0 radical (unpaired) electrons. The van der Waals surface area contributed by atoms with E-state index in [1.54, 1.807) is 6.08 Å². The number of ether oxygens (including phenoxy) is 3. The van der Waals surface area contributed by atoms with Crippen molar-refractivity contribution >= 4 is 5.91 Å². The molecule has 16 nitrogen and oxygen atoms in total. The minimum Gasteiger partial charge on any atom is -0.396 e. The summed E-state index contributed by atoms with van der Waals surface area (Å²) in [6.45, 7) is 2.47. The summed E-state index contributed by atoms with van der Waals surface area (Å²) in [5.74, 6) is -2.74. The van der Waals surface area contributed by atoms with Gasteiger partial charge in [0.2, 0.25) is 5.91 Å². The number of nitrogens with one attached hydrogen (secondary N) is 1. The maximum atomic E-state index is 12.8. The van der Waals surface area contributed by atoms with Crippen LogP contribution in [0.3, 0.4) is 0 Å². The first kappa shape index (κ1) is 48.0. The van der Waals surface area contributed by atoms with Gasteiger partial charge in [0.05, 0.1) is 55.4 Å². The van der Waals surface area contributed by atoms with E-state index in [1.807, 2.05) is 6.08 Å². The van der Waals surface area contributed by atoms with Crippen molar-refractivity contribution in [3.63, 3.8) is 0 Å². The van der Waals surface area contributed by atoms with Crippen LogP contribution >= 0.6 is 0 Å². The first-order valence-electron chi connectivity index (χ1n) is 20.5. The van der Waals surface area contributed by atoms with Crippen molar-refractivity contribution in [3.8, 4) is 0 Å². The topological polar surface area (TPSA) is 279 Å². The molecule has 15 unspecified atom stereocenters. The predicted octanol–water partition coefficient (Wildman–Crippen LogP) is -1.22. The molecule has 3 aliphatic rings. The molecule has 3 aliphatic carbocycles. The highest BCUT2D eigenvalue weighted by molar-refractivity contribution is 5.76. The number of hydrogen-bond acceptors (Lipinski definition) is 15. The molecule has 16 heteroatoms. The fraction of sp³-hybridized carbons (Fsp3) is 0.923. The van der Waals surface area contributed by atoms with E-state index in [0.29, 0.717) is 6.42 Å². The third-order valence-corrected chi connectivity index (χ3v) is 11.7. The molecule has 0 aliphatic heterocycles. The number of allylic oxidation sites excluding steroid dienone is 1. The van der Waals surface area contributed by atoms with Gasteiger partial charge in [-0.2, -0.15) is 0 Å². The summed E-state index contributed by atoms with van der Waals surface area (Å²) in [4.78, 5) is 12.8. The lowest BCUT2D eigenvalue weighted by molar-refractivity contribution is -0.262. The van der Waals surface area contributed by atoms with E-state index in [0.717, 1.165) is 51.4 Å². The lowest BCUT2D eigenvalue weighted by Gasteiger charge is -2.48.